The average Bonchev–Trinajstić information content (AvgIpc) is 2.89. The number of aromatic nitrogens is 2. The van der Waals surface area contributed by atoms with Crippen LogP contribution in [0.5, 0.6) is 0 Å². The van der Waals surface area contributed by atoms with Crippen molar-refractivity contribution < 1.29 is 0 Å². The van der Waals surface area contributed by atoms with Crippen molar-refractivity contribution in [2.24, 2.45) is 5.92 Å². The molecule has 3 heteroatoms. The van der Waals surface area contributed by atoms with Gasteiger partial charge in [0.1, 0.15) is 0 Å². The van der Waals surface area contributed by atoms with E-state index in [1.165, 1.54) is 43.4 Å². The average molecular weight is 283 g/mol. The van der Waals surface area contributed by atoms with Crippen molar-refractivity contribution in [3.05, 3.63) is 48.3 Å². The summed E-state index contributed by atoms with van der Waals surface area (Å²) in [6, 6.07) is 11.4. The Kier molecular flexibility index (Phi) is 4.59. The summed E-state index contributed by atoms with van der Waals surface area (Å²) < 4.78 is 1.96. The van der Waals surface area contributed by atoms with Gasteiger partial charge >= 0.3 is 0 Å². The Hall–Kier alpha value is -1.77. The van der Waals surface area contributed by atoms with Crippen molar-refractivity contribution >= 4 is 5.69 Å². The molecule has 1 fully saturated rings. The van der Waals surface area contributed by atoms with Crippen molar-refractivity contribution in [1.82, 2.24) is 9.78 Å². The highest BCUT2D eigenvalue weighted by Crippen LogP contribution is 2.25. The summed E-state index contributed by atoms with van der Waals surface area (Å²) in [6.07, 6.45) is 10.5. The Labute approximate surface area is 127 Å². The molecule has 0 aliphatic heterocycles. The molecule has 1 aromatic heterocycles. The molecule has 1 heterocycles. The largest absolute Gasteiger partial charge is 0.382 e. The first-order chi connectivity index (χ1) is 10.3. The molecule has 0 saturated heterocycles. The van der Waals surface area contributed by atoms with Gasteiger partial charge in [0.15, 0.2) is 0 Å². The lowest BCUT2D eigenvalue weighted by molar-refractivity contribution is 0.502. The first kappa shape index (κ1) is 14.2. The maximum absolute atomic E-state index is 4.27. The van der Waals surface area contributed by atoms with Crippen LogP contribution in [0, 0.1) is 5.92 Å². The molecule has 3 rings (SSSR count). The van der Waals surface area contributed by atoms with Crippen molar-refractivity contribution in [3.63, 3.8) is 0 Å². The quantitative estimate of drug-likeness (QED) is 0.847. The second-order valence-corrected chi connectivity index (χ2v) is 6.36. The first-order valence-electron chi connectivity index (χ1n) is 8.12. The number of nitrogens with zero attached hydrogens (tertiary/aromatic N) is 2. The molecule has 2 aromatic rings. The Morgan fingerprint density at radius 3 is 3.00 bits per heavy atom. The van der Waals surface area contributed by atoms with Crippen LogP contribution in [-0.4, -0.2) is 15.8 Å². The smallest absolute Gasteiger partial charge is 0.0660 e. The maximum Gasteiger partial charge on any atom is 0.0660 e. The second kappa shape index (κ2) is 6.79. The van der Waals surface area contributed by atoms with Gasteiger partial charge in [-0.1, -0.05) is 31.9 Å². The molecule has 1 aromatic carbocycles. The van der Waals surface area contributed by atoms with Crippen molar-refractivity contribution in [3.8, 4) is 0 Å². The number of nitrogens with one attached hydrogen (secondary N) is 1. The highest BCUT2D eigenvalue weighted by Gasteiger charge is 2.15. The van der Waals surface area contributed by atoms with Crippen LogP contribution in [-0.2, 0) is 6.54 Å². The van der Waals surface area contributed by atoms with Crippen LogP contribution in [0.15, 0.2) is 42.7 Å². The third-order valence-electron chi connectivity index (χ3n) is 4.46. The molecule has 21 heavy (non-hydrogen) atoms. The Morgan fingerprint density at radius 1 is 1.19 bits per heavy atom. The molecule has 1 aliphatic carbocycles. The van der Waals surface area contributed by atoms with Crippen molar-refractivity contribution in [2.75, 3.05) is 5.32 Å². The number of hydrogen-bond acceptors (Lipinski definition) is 2. The van der Waals surface area contributed by atoms with E-state index >= 15 is 0 Å². The second-order valence-electron chi connectivity index (χ2n) is 6.36. The fourth-order valence-electron chi connectivity index (χ4n) is 3.21. The molecule has 1 N–H and O–H groups in total. The van der Waals surface area contributed by atoms with Crippen LogP contribution in [0.2, 0.25) is 0 Å². The summed E-state index contributed by atoms with van der Waals surface area (Å²) in [4.78, 5) is 0. The SMILES string of the molecule is CC1CCCC(Nc2cccc(Cn3cccn3)c2)CC1. The molecule has 1 aliphatic rings. The molecule has 2 unspecified atom stereocenters. The Morgan fingerprint density at radius 2 is 2.14 bits per heavy atom. The first-order valence-corrected chi connectivity index (χ1v) is 8.12. The summed E-state index contributed by atoms with van der Waals surface area (Å²) in [5.41, 5.74) is 2.55. The standard InChI is InChI=1S/C18H25N3/c1-15-5-2-7-17(10-9-15)20-18-8-3-6-16(13-18)14-21-12-4-11-19-21/h3-4,6,8,11-13,15,17,20H,2,5,7,9-10,14H2,1H3. The summed E-state index contributed by atoms with van der Waals surface area (Å²) in [5.74, 6) is 0.892. The minimum absolute atomic E-state index is 0.634. The molecule has 3 nitrogen and oxygen atoms in total. The van der Waals surface area contributed by atoms with E-state index < -0.39 is 0 Å². The van der Waals surface area contributed by atoms with Crippen LogP contribution in [0.4, 0.5) is 5.69 Å². The molecule has 0 amide bonds. The lowest BCUT2D eigenvalue weighted by Gasteiger charge is -2.18. The van der Waals surface area contributed by atoms with Gasteiger partial charge in [0.2, 0.25) is 0 Å². The predicted octanol–water partition coefficient (Wildman–Crippen LogP) is 4.31. The van der Waals surface area contributed by atoms with E-state index in [1.807, 2.05) is 23.1 Å². The third-order valence-corrected chi connectivity index (χ3v) is 4.46. The Balaban J connectivity index is 1.62. The molecule has 2 atom stereocenters. The van der Waals surface area contributed by atoms with E-state index in [0.717, 1.165) is 12.5 Å². The van der Waals surface area contributed by atoms with E-state index in [0.29, 0.717) is 6.04 Å². The van der Waals surface area contributed by atoms with Gasteiger partial charge < -0.3 is 5.32 Å². The summed E-state index contributed by atoms with van der Waals surface area (Å²) >= 11 is 0. The van der Waals surface area contributed by atoms with E-state index in [-0.39, 0.29) is 0 Å². The van der Waals surface area contributed by atoms with E-state index in [4.69, 9.17) is 0 Å². The van der Waals surface area contributed by atoms with Gasteiger partial charge in [-0.25, -0.2) is 0 Å². The topological polar surface area (TPSA) is 29.9 Å². The van der Waals surface area contributed by atoms with Crippen LogP contribution in [0.25, 0.3) is 0 Å². The minimum atomic E-state index is 0.634. The monoisotopic (exact) mass is 283 g/mol. The minimum Gasteiger partial charge on any atom is -0.382 e. The van der Waals surface area contributed by atoms with Gasteiger partial charge in [0.05, 0.1) is 6.54 Å². The lowest BCUT2D eigenvalue weighted by atomic mass is 10.0. The number of hydrogen-bond donors (Lipinski definition) is 1. The van der Waals surface area contributed by atoms with Crippen LogP contribution in [0.3, 0.4) is 0 Å². The maximum atomic E-state index is 4.27. The molecule has 0 spiro atoms. The normalized spacial score (nSPS) is 22.7. The van der Waals surface area contributed by atoms with E-state index in [1.54, 1.807) is 0 Å². The highest BCUT2D eigenvalue weighted by atomic mass is 15.3. The zero-order valence-corrected chi connectivity index (χ0v) is 12.8. The molecule has 112 valence electrons. The van der Waals surface area contributed by atoms with Gasteiger partial charge in [0.25, 0.3) is 0 Å². The zero-order chi connectivity index (χ0) is 14.5. The number of anilines is 1. The van der Waals surface area contributed by atoms with Crippen molar-refractivity contribution in [1.29, 1.82) is 0 Å². The fourth-order valence-corrected chi connectivity index (χ4v) is 3.21. The fraction of sp³-hybridized carbons (Fsp3) is 0.500. The molecular weight excluding hydrogens is 258 g/mol. The van der Waals surface area contributed by atoms with Gasteiger partial charge in [-0.2, -0.15) is 5.10 Å². The number of rotatable bonds is 4. The summed E-state index contributed by atoms with van der Waals surface area (Å²) in [5, 5.41) is 8.01. The highest BCUT2D eigenvalue weighted by molar-refractivity contribution is 5.46. The van der Waals surface area contributed by atoms with Gasteiger partial charge in [-0.15, -0.1) is 0 Å². The molecule has 0 bridgehead atoms. The molecule has 1 saturated carbocycles. The van der Waals surface area contributed by atoms with Gasteiger partial charge in [-0.05, 0) is 48.9 Å². The van der Waals surface area contributed by atoms with E-state index in [2.05, 4.69) is 41.6 Å². The number of benzene rings is 1. The third kappa shape index (κ3) is 4.10. The van der Waals surface area contributed by atoms with Crippen LogP contribution < -0.4 is 5.32 Å². The van der Waals surface area contributed by atoms with Crippen LogP contribution in [0.1, 0.15) is 44.6 Å². The van der Waals surface area contributed by atoms with Crippen molar-refractivity contribution in [2.45, 2.75) is 51.6 Å². The molecular formula is C18H25N3. The zero-order valence-electron chi connectivity index (χ0n) is 12.8. The summed E-state index contributed by atoms with van der Waals surface area (Å²) in [6.45, 7) is 3.22. The van der Waals surface area contributed by atoms with Gasteiger partial charge in [0, 0.05) is 24.1 Å². The summed E-state index contributed by atoms with van der Waals surface area (Å²) in [7, 11) is 0. The van der Waals surface area contributed by atoms with Crippen LogP contribution >= 0.6 is 0 Å². The molecule has 0 radical (unpaired) electrons. The van der Waals surface area contributed by atoms with Gasteiger partial charge in [-0.3, -0.25) is 4.68 Å². The predicted molar refractivity (Wildman–Crippen MR) is 87.4 cm³/mol. The van der Waals surface area contributed by atoms with E-state index in [9.17, 15) is 0 Å². The Bertz CT molecular complexity index is 547. The lowest BCUT2D eigenvalue weighted by Crippen LogP contribution is -2.18.